The van der Waals surface area contributed by atoms with Gasteiger partial charge in [0.2, 0.25) is 0 Å². The minimum Gasteiger partial charge on any atom is -0.497 e. The van der Waals surface area contributed by atoms with Gasteiger partial charge < -0.3 is 9.47 Å². The Balaban J connectivity index is 1.50. The summed E-state index contributed by atoms with van der Waals surface area (Å²) in [6.45, 7) is 0. The Hall–Kier alpha value is -4.10. The summed E-state index contributed by atoms with van der Waals surface area (Å²) in [7, 11) is 3.23. The second kappa shape index (κ2) is 10.0. The van der Waals surface area contributed by atoms with Crippen molar-refractivity contribution < 1.29 is 14.3 Å². The number of pyridine rings is 1. The lowest BCUT2D eigenvalue weighted by atomic mass is 10.1. The second-order valence-corrected chi connectivity index (χ2v) is 8.76. The van der Waals surface area contributed by atoms with Gasteiger partial charge in [-0.15, -0.1) is 0 Å². The maximum absolute atomic E-state index is 13.5. The molecule has 0 spiro atoms. The van der Waals surface area contributed by atoms with Gasteiger partial charge in [-0.2, -0.15) is 0 Å². The first-order valence-electron chi connectivity index (χ1n) is 11.0. The predicted octanol–water partition coefficient (Wildman–Crippen LogP) is 5.93. The molecule has 7 heteroatoms. The largest absolute Gasteiger partial charge is 0.497 e. The third-order valence-electron chi connectivity index (χ3n) is 5.63. The molecular formula is C28H23N3O3S. The van der Waals surface area contributed by atoms with Crippen LogP contribution in [0.1, 0.15) is 11.1 Å². The standard InChI is InChI=1S/C28H23N3O3S/c1-33-23-13-11-19(12-14-23)16-25-27(32)31(22-9-4-10-24(17-22)34-2)28(30-25)35-18-21-7-3-6-20-8-5-15-29-26(20)21/h3-17H,18H2,1-2H3/b25-16-. The monoisotopic (exact) mass is 481 g/mol. The zero-order chi connectivity index (χ0) is 24.2. The molecule has 1 amide bonds. The van der Waals surface area contributed by atoms with Crippen molar-refractivity contribution >= 4 is 45.5 Å². The number of carbonyl (C=O) groups is 1. The average molecular weight is 482 g/mol. The molecule has 0 radical (unpaired) electrons. The third-order valence-corrected chi connectivity index (χ3v) is 6.62. The van der Waals surface area contributed by atoms with Crippen LogP contribution in [-0.4, -0.2) is 30.3 Å². The van der Waals surface area contributed by atoms with Gasteiger partial charge in [0.25, 0.3) is 5.91 Å². The molecule has 0 bridgehead atoms. The molecule has 6 nitrogen and oxygen atoms in total. The summed E-state index contributed by atoms with van der Waals surface area (Å²) in [6, 6.07) is 25.1. The summed E-state index contributed by atoms with van der Waals surface area (Å²) in [4.78, 5) is 24.5. The smallest absolute Gasteiger partial charge is 0.283 e. The topological polar surface area (TPSA) is 64.0 Å². The van der Waals surface area contributed by atoms with E-state index >= 15 is 0 Å². The average Bonchev–Trinajstić information content (AvgIpc) is 3.22. The van der Waals surface area contributed by atoms with Crippen LogP contribution >= 0.6 is 11.8 Å². The van der Waals surface area contributed by atoms with Gasteiger partial charge in [0, 0.05) is 23.4 Å². The lowest BCUT2D eigenvalue weighted by Crippen LogP contribution is -2.30. The minimum absolute atomic E-state index is 0.187. The molecule has 0 saturated carbocycles. The Morgan fingerprint density at radius 3 is 2.49 bits per heavy atom. The second-order valence-electron chi connectivity index (χ2n) is 7.82. The van der Waals surface area contributed by atoms with E-state index in [1.54, 1.807) is 31.4 Å². The number of hydrogen-bond acceptors (Lipinski definition) is 6. The van der Waals surface area contributed by atoms with E-state index in [9.17, 15) is 4.79 Å². The van der Waals surface area contributed by atoms with Crippen molar-refractivity contribution in [3.8, 4) is 11.5 Å². The Labute approximate surface area is 207 Å². The summed E-state index contributed by atoms with van der Waals surface area (Å²) in [5.74, 6) is 1.86. The van der Waals surface area contributed by atoms with E-state index in [-0.39, 0.29) is 5.91 Å². The number of aliphatic imine (C=N–C) groups is 1. The number of amidine groups is 1. The first kappa shape index (κ1) is 22.7. The molecule has 0 atom stereocenters. The summed E-state index contributed by atoms with van der Waals surface area (Å²) >= 11 is 1.51. The van der Waals surface area contributed by atoms with Crippen molar-refractivity contribution in [1.82, 2.24) is 4.98 Å². The number of nitrogens with zero attached hydrogens (tertiary/aromatic N) is 3. The van der Waals surface area contributed by atoms with E-state index in [0.717, 1.165) is 27.8 Å². The van der Waals surface area contributed by atoms with Crippen LogP contribution in [0.2, 0.25) is 0 Å². The Morgan fingerprint density at radius 2 is 1.69 bits per heavy atom. The first-order valence-corrected chi connectivity index (χ1v) is 12.0. The molecule has 0 aliphatic carbocycles. The van der Waals surface area contributed by atoms with E-state index in [1.165, 1.54) is 11.8 Å². The lowest BCUT2D eigenvalue weighted by Gasteiger charge is -2.18. The van der Waals surface area contributed by atoms with E-state index in [2.05, 4.69) is 11.1 Å². The number of thioether (sulfide) groups is 1. The molecule has 0 saturated heterocycles. The number of methoxy groups -OCH3 is 2. The summed E-state index contributed by atoms with van der Waals surface area (Å²) in [5.41, 5.74) is 3.98. The fourth-order valence-corrected chi connectivity index (χ4v) is 4.85. The maximum Gasteiger partial charge on any atom is 0.283 e. The van der Waals surface area contributed by atoms with E-state index < -0.39 is 0 Å². The first-order chi connectivity index (χ1) is 17.2. The molecule has 174 valence electrons. The van der Waals surface area contributed by atoms with Crippen molar-refractivity contribution in [2.45, 2.75) is 5.75 Å². The SMILES string of the molecule is COc1ccc(/C=C2\N=C(SCc3cccc4cccnc34)N(c3cccc(OC)c3)C2=O)cc1. The van der Waals surface area contributed by atoms with E-state index in [4.69, 9.17) is 14.5 Å². The Morgan fingerprint density at radius 1 is 0.914 bits per heavy atom. The fourth-order valence-electron chi connectivity index (χ4n) is 3.85. The molecule has 5 rings (SSSR count). The molecule has 1 aliphatic rings. The summed E-state index contributed by atoms with van der Waals surface area (Å²) in [5, 5.41) is 1.69. The summed E-state index contributed by atoms with van der Waals surface area (Å²) in [6.07, 6.45) is 3.59. The molecule has 1 aliphatic heterocycles. The van der Waals surface area contributed by atoms with Crippen LogP contribution in [0.4, 0.5) is 5.69 Å². The quantitative estimate of drug-likeness (QED) is 0.320. The van der Waals surface area contributed by atoms with Gasteiger partial charge in [-0.3, -0.25) is 14.7 Å². The lowest BCUT2D eigenvalue weighted by molar-refractivity contribution is -0.113. The van der Waals surface area contributed by atoms with Gasteiger partial charge in [-0.05, 0) is 47.5 Å². The number of fused-ring (bicyclic) bond motifs is 1. The molecule has 2 heterocycles. The normalized spacial score (nSPS) is 14.5. The summed E-state index contributed by atoms with van der Waals surface area (Å²) < 4.78 is 10.6. The number of anilines is 1. The molecule has 1 aromatic heterocycles. The van der Waals surface area contributed by atoms with Crippen LogP contribution in [0, 0.1) is 0 Å². The number of rotatable bonds is 6. The number of benzene rings is 3. The number of carbonyl (C=O) groups excluding carboxylic acids is 1. The molecule has 0 N–H and O–H groups in total. The van der Waals surface area contributed by atoms with Gasteiger partial charge in [0.15, 0.2) is 5.17 Å². The van der Waals surface area contributed by atoms with E-state index in [0.29, 0.717) is 28.1 Å². The Kier molecular flexibility index (Phi) is 6.50. The van der Waals surface area contributed by atoms with Gasteiger partial charge in [0.1, 0.15) is 17.2 Å². The molecule has 0 unspecified atom stereocenters. The maximum atomic E-state index is 13.5. The number of amides is 1. The van der Waals surface area contributed by atoms with Gasteiger partial charge in [-0.1, -0.05) is 54.2 Å². The number of hydrogen-bond donors (Lipinski definition) is 0. The van der Waals surface area contributed by atoms with Crippen molar-refractivity contribution in [3.63, 3.8) is 0 Å². The number of ether oxygens (including phenoxy) is 2. The molecule has 3 aromatic carbocycles. The molecular weight excluding hydrogens is 458 g/mol. The molecule has 4 aromatic rings. The van der Waals surface area contributed by atoms with Crippen LogP contribution in [-0.2, 0) is 10.5 Å². The van der Waals surface area contributed by atoms with Crippen LogP contribution in [0.5, 0.6) is 11.5 Å². The highest BCUT2D eigenvalue weighted by molar-refractivity contribution is 8.13. The predicted molar refractivity (Wildman–Crippen MR) is 142 cm³/mol. The van der Waals surface area contributed by atoms with Crippen molar-refractivity contribution in [2.75, 3.05) is 19.1 Å². The van der Waals surface area contributed by atoms with Crippen LogP contribution in [0.3, 0.4) is 0 Å². The zero-order valence-electron chi connectivity index (χ0n) is 19.3. The highest BCUT2D eigenvalue weighted by Crippen LogP contribution is 2.33. The number of aromatic nitrogens is 1. The van der Waals surface area contributed by atoms with Crippen LogP contribution in [0.25, 0.3) is 17.0 Å². The van der Waals surface area contributed by atoms with E-state index in [1.807, 2.05) is 72.8 Å². The molecule has 0 fully saturated rings. The van der Waals surface area contributed by atoms with Gasteiger partial charge in [0.05, 0.1) is 25.4 Å². The van der Waals surface area contributed by atoms with Crippen molar-refractivity contribution in [2.24, 2.45) is 4.99 Å². The van der Waals surface area contributed by atoms with Crippen LogP contribution in [0.15, 0.2) is 95.7 Å². The van der Waals surface area contributed by atoms with Gasteiger partial charge in [-0.25, -0.2) is 4.99 Å². The molecule has 35 heavy (non-hydrogen) atoms. The highest BCUT2D eigenvalue weighted by Gasteiger charge is 2.32. The fraction of sp³-hybridized carbons (Fsp3) is 0.107. The highest BCUT2D eigenvalue weighted by atomic mass is 32.2. The zero-order valence-corrected chi connectivity index (χ0v) is 20.2. The van der Waals surface area contributed by atoms with Gasteiger partial charge >= 0.3 is 0 Å². The van der Waals surface area contributed by atoms with Crippen molar-refractivity contribution in [1.29, 1.82) is 0 Å². The van der Waals surface area contributed by atoms with Crippen molar-refractivity contribution in [3.05, 3.63) is 102 Å². The van der Waals surface area contributed by atoms with Crippen LogP contribution < -0.4 is 14.4 Å². The Bertz CT molecular complexity index is 1440. The minimum atomic E-state index is -0.187. The third kappa shape index (κ3) is 4.76. The number of para-hydroxylation sites is 1.